The van der Waals surface area contributed by atoms with E-state index in [0.29, 0.717) is 28.6 Å². The first-order valence-corrected chi connectivity index (χ1v) is 15.9. The molecule has 0 aromatic heterocycles. The Morgan fingerprint density at radius 2 is 1.62 bits per heavy atom. The smallest absolute Gasteiger partial charge is 0.264 e. The third-order valence-corrected chi connectivity index (χ3v) is 9.14. The Morgan fingerprint density at radius 3 is 2.21 bits per heavy atom. The first-order valence-electron chi connectivity index (χ1n) is 13.7. The van der Waals surface area contributed by atoms with Gasteiger partial charge in [0.05, 0.1) is 17.7 Å². The van der Waals surface area contributed by atoms with E-state index in [1.54, 1.807) is 55.5 Å². The van der Waals surface area contributed by atoms with Crippen LogP contribution in [0.15, 0.2) is 65.6 Å². The summed E-state index contributed by atoms with van der Waals surface area (Å²) in [5.74, 6) is -0.637. The third-order valence-electron chi connectivity index (χ3n) is 6.78. The third kappa shape index (κ3) is 7.96. The van der Waals surface area contributed by atoms with Crippen molar-refractivity contribution in [3.8, 4) is 5.75 Å². The van der Waals surface area contributed by atoms with Crippen LogP contribution in [0.5, 0.6) is 5.75 Å². The van der Waals surface area contributed by atoms with Gasteiger partial charge in [-0.2, -0.15) is 0 Å². The maximum absolute atomic E-state index is 14.2. The Kier molecular flexibility index (Phi) is 11.7. The standard InChI is InChI=1S/C31H37Cl2N3O5S/c1-6-16-34-31(38)27(7-2)35(19-23-11-12-24(32)18-26(23)33)30(37)20-36(28-17-22(4)10-15-29(28)41-5)42(39,40)25-13-8-21(3)9-14-25/h8-15,17-18,27H,6-7,16,19-20H2,1-5H3,(H,34,38)/t27-/m0/s1. The molecule has 3 rings (SSSR count). The topological polar surface area (TPSA) is 96.0 Å². The van der Waals surface area contributed by atoms with E-state index in [4.69, 9.17) is 27.9 Å². The minimum absolute atomic E-state index is 0.0180. The van der Waals surface area contributed by atoms with E-state index in [0.717, 1.165) is 21.9 Å². The molecule has 226 valence electrons. The number of hydrogen-bond donors (Lipinski definition) is 1. The SMILES string of the molecule is CCCNC(=O)[C@H](CC)N(Cc1ccc(Cl)cc1Cl)C(=O)CN(c1cc(C)ccc1OC)S(=O)(=O)c1ccc(C)cc1. The second-order valence-corrected chi connectivity index (χ2v) is 12.7. The van der Waals surface area contributed by atoms with Crippen LogP contribution in [0.2, 0.25) is 10.0 Å². The maximum Gasteiger partial charge on any atom is 0.264 e. The number of nitrogens with zero attached hydrogens (tertiary/aromatic N) is 2. The predicted octanol–water partition coefficient (Wildman–Crippen LogP) is 6.15. The Bertz CT molecular complexity index is 1510. The molecule has 0 fully saturated rings. The largest absolute Gasteiger partial charge is 0.495 e. The summed E-state index contributed by atoms with van der Waals surface area (Å²) in [5, 5.41) is 3.62. The molecule has 0 aliphatic rings. The lowest BCUT2D eigenvalue weighted by molar-refractivity contribution is -0.140. The van der Waals surface area contributed by atoms with Crippen LogP contribution in [0.3, 0.4) is 0 Å². The molecule has 0 aliphatic carbocycles. The van der Waals surface area contributed by atoms with Gasteiger partial charge in [0.2, 0.25) is 11.8 Å². The van der Waals surface area contributed by atoms with Crippen LogP contribution in [0.25, 0.3) is 0 Å². The molecule has 42 heavy (non-hydrogen) atoms. The van der Waals surface area contributed by atoms with E-state index < -0.39 is 28.5 Å². The Morgan fingerprint density at radius 1 is 0.952 bits per heavy atom. The van der Waals surface area contributed by atoms with E-state index in [1.807, 2.05) is 20.8 Å². The monoisotopic (exact) mass is 633 g/mol. The number of carbonyl (C=O) groups excluding carboxylic acids is 2. The Balaban J connectivity index is 2.14. The molecule has 3 aromatic carbocycles. The van der Waals surface area contributed by atoms with Gasteiger partial charge in [-0.3, -0.25) is 13.9 Å². The van der Waals surface area contributed by atoms with Gasteiger partial charge in [0.1, 0.15) is 18.3 Å². The highest BCUT2D eigenvalue weighted by Crippen LogP contribution is 2.34. The summed E-state index contributed by atoms with van der Waals surface area (Å²) in [7, 11) is -2.80. The molecule has 1 atom stereocenters. The summed E-state index contributed by atoms with van der Waals surface area (Å²) in [5.41, 5.74) is 2.44. The highest BCUT2D eigenvalue weighted by atomic mass is 35.5. The number of hydrogen-bond acceptors (Lipinski definition) is 5. The zero-order chi connectivity index (χ0) is 31.0. The van der Waals surface area contributed by atoms with Gasteiger partial charge in [0, 0.05) is 23.1 Å². The molecule has 0 spiro atoms. The molecule has 1 N–H and O–H groups in total. The van der Waals surface area contributed by atoms with Crippen molar-refractivity contribution in [1.82, 2.24) is 10.2 Å². The highest BCUT2D eigenvalue weighted by Gasteiger charge is 2.35. The van der Waals surface area contributed by atoms with Crippen molar-refractivity contribution in [3.63, 3.8) is 0 Å². The van der Waals surface area contributed by atoms with Crippen molar-refractivity contribution in [2.24, 2.45) is 0 Å². The van der Waals surface area contributed by atoms with Gasteiger partial charge in [-0.25, -0.2) is 8.42 Å². The number of amides is 2. The van der Waals surface area contributed by atoms with Crippen LogP contribution in [0, 0.1) is 13.8 Å². The fourth-order valence-corrected chi connectivity index (χ4v) is 6.35. The van der Waals surface area contributed by atoms with Gasteiger partial charge in [-0.05, 0) is 74.2 Å². The molecule has 11 heteroatoms. The van der Waals surface area contributed by atoms with E-state index in [9.17, 15) is 18.0 Å². The normalized spacial score (nSPS) is 12.0. The maximum atomic E-state index is 14.2. The van der Waals surface area contributed by atoms with E-state index >= 15 is 0 Å². The number of halogens is 2. The zero-order valence-electron chi connectivity index (χ0n) is 24.5. The number of ether oxygens (including phenoxy) is 1. The molecule has 3 aromatic rings. The summed E-state index contributed by atoms with van der Waals surface area (Å²) in [6.07, 6.45) is 1.01. The first-order chi connectivity index (χ1) is 19.9. The first kappa shape index (κ1) is 33.2. The summed E-state index contributed by atoms with van der Waals surface area (Å²) in [6, 6.07) is 15.5. The number of aryl methyl sites for hydroxylation is 2. The van der Waals surface area contributed by atoms with Crippen LogP contribution in [0.1, 0.15) is 43.4 Å². The van der Waals surface area contributed by atoms with Crippen LogP contribution < -0.4 is 14.4 Å². The van der Waals surface area contributed by atoms with Gasteiger partial charge in [-0.15, -0.1) is 0 Å². The second-order valence-electron chi connectivity index (χ2n) is 9.97. The van der Waals surface area contributed by atoms with Crippen molar-refractivity contribution in [3.05, 3.63) is 87.4 Å². The van der Waals surface area contributed by atoms with Gasteiger partial charge < -0.3 is 15.0 Å². The summed E-state index contributed by atoms with van der Waals surface area (Å²) in [4.78, 5) is 28.9. The molecule has 0 bridgehead atoms. The Labute approximate surface area is 258 Å². The van der Waals surface area contributed by atoms with Crippen LogP contribution in [-0.2, 0) is 26.2 Å². The van der Waals surface area contributed by atoms with E-state index in [2.05, 4.69) is 5.32 Å². The van der Waals surface area contributed by atoms with Crippen molar-refractivity contribution in [2.75, 3.05) is 24.5 Å². The number of benzene rings is 3. The second kappa shape index (κ2) is 14.8. The van der Waals surface area contributed by atoms with Gasteiger partial charge in [-0.1, -0.05) is 66.9 Å². The van der Waals surface area contributed by atoms with Gasteiger partial charge >= 0.3 is 0 Å². The lowest BCUT2D eigenvalue weighted by atomic mass is 10.1. The van der Waals surface area contributed by atoms with Gasteiger partial charge in [0.15, 0.2) is 0 Å². The number of anilines is 1. The molecule has 0 saturated heterocycles. The summed E-state index contributed by atoms with van der Waals surface area (Å²) >= 11 is 12.6. The van der Waals surface area contributed by atoms with Crippen molar-refractivity contribution < 1.29 is 22.7 Å². The molecule has 8 nitrogen and oxygen atoms in total. The van der Waals surface area contributed by atoms with Crippen LogP contribution in [0.4, 0.5) is 5.69 Å². The lowest BCUT2D eigenvalue weighted by Gasteiger charge is -2.33. The fourth-order valence-electron chi connectivity index (χ4n) is 4.46. The fraction of sp³-hybridized carbons (Fsp3) is 0.355. The van der Waals surface area contributed by atoms with E-state index in [-0.39, 0.29) is 28.8 Å². The molecule has 0 aliphatic heterocycles. The molecule has 0 saturated carbocycles. The highest BCUT2D eigenvalue weighted by molar-refractivity contribution is 7.92. The number of methoxy groups -OCH3 is 1. The minimum atomic E-state index is -4.24. The molecule has 0 radical (unpaired) electrons. The van der Waals surface area contributed by atoms with Gasteiger partial charge in [0.25, 0.3) is 10.0 Å². The van der Waals surface area contributed by atoms with E-state index in [1.165, 1.54) is 24.1 Å². The molecular weight excluding hydrogens is 597 g/mol. The molecule has 2 amide bonds. The Hall–Kier alpha value is -3.27. The quantitative estimate of drug-likeness (QED) is 0.244. The number of sulfonamides is 1. The lowest BCUT2D eigenvalue weighted by Crippen LogP contribution is -2.52. The van der Waals surface area contributed by atoms with Crippen LogP contribution in [-0.4, -0.2) is 51.4 Å². The molecule has 0 heterocycles. The van der Waals surface area contributed by atoms with Crippen molar-refractivity contribution in [1.29, 1.82) is 0 Å². The molecular formula is C31H37Cl2N3O5S. The predicted molar refractivity (Wildman–Crippen MR) is 168 cm³/mol. The number of rotatable bonds is 13. The van der Waals surface area contributed by atoms with Crippen LogP contribution >= 0.6 is 23.2 Å². The zero-order valence-corrected chi connectivity index (χ0v) is 26.8. The average Bonchev–Trinajstić information content (AvgIpc) is 2.95. The summed E-state index contributed by atoms with van der Waals surface area (Å²) < 4.78 is 34.8. The van der Waals surface area contributed by atoms with Crippen molar-refractivity contribution in [2.45, 2.75) is 58.0 Å². The molecule has 0 unspecified atom stereocenters. The van der Waals surface area contributed by atoms with Crippen molar-refractivity contribution >= 4 is 50.7 Å². The number of carbonyl (C=O) groups is 2. The average molecular weight is 635 g/mol. The minimum Gasteiger partial charge on any atom is -0.495 e. The summed E-state index contributed by atoms with van der Waals surface area (Å²) in [6.45, 7) is 7.23. The number of nitrogens with one attached hydrogen (secondary N) is 1.